The molecule has 0 aromatic heterocycles. The summed E-state index contributed by atoms with van der Waals surface area (Å²) in [5.41, 5.74) is 0.214. The average Bonchev–Trinajstić information content (AvgIpc) is 2.69. The highest BCUT2D eigenvalue weighted by atomic mass is 19.2. The summed E-state index contributed by atoms with van der Waals surface area (Å²) in [6.07, 6.45) is 6.66. The van der Waals surface area contributed by atoms with E-state index in [0.29, 0.717) is 0 Å². The SMILES string of the molecule is CN(C(=O)c1ccc(F)c(F)c1)C1CCCCCC1. The lowest BCUT2D eigenvalue weighted by atomic mass is 10.1. The Kier molecular flexibility index (Phi) is 4.51. The van der Waals surface area contributed by atoms with Crippen molar-refractivity contribution in [1.29, 1.82) is 0 Å². The fourth-order valence-electron chi connectivity index (χ4n) is 2.64. The normalized spacial score (nSPS) is 17.0. The van der Waals surface area contributed by atoms with Crippen molar-refractivity contribution in [3.05, 3.63) is 35.4 Å². The van der Waals surface area contributed by atoms with Crippen LogP contribution in [0.5, 0.6) is 0 Å². The average molecular weight is 267 g/mol. The van der Waals surface area contributed by atoms with Gasteiger partial charge < -0.3 is 4.90 Å². The number of carbonyl (C=O) groups is 1. The van der Waals surface area contributed by atoms with Gasteiger partial charge in [-0.05, 0) is 31.0 Å². The predicted molar refractivity (Wildman–Crippen MR) is 69.9 cm³/mol. The molecular formula is C15H19F2NO. The lowest BCUT2D eigenvalue weighted by Gasteiger charge is -2.27. The largest absolute Gasteiger partial charge is 0.339 e. The molecule has 0 radical (unpaired) electrons. The molecule has 2 nitrogen and oxygen atoms in total. The van der Waals surface area contributed by atoms with Gasteiger partial charge in [0, 0.05) is 18.7 Å². The summed E-state index contributed by atoms with van der Waals surface area (Å²) in [6, 6.07) is 3.53. The maximum Gasteiger partial charge on any atom is 0.253 e. The van der Waals surface area contributed by atoms with Gasteiger partial charge in [0.1, 0.15) is 0 Å². The van der Waals surface area contributed by atoms with E-state index in [2.05, 4.69) is 0 Å². The molecule has 1 aromatic carbocycles. The van der Waals surface area contributed by atoms with E-state index in [1.807, 2.05) is 0 Å². The molecule has 104 valence electrons. The Morgan fingerprint density at radius 1 is 1.11 bits per heavy atom. The first-order chi connectivity index (χ1) is 9.09. The van der Waals surface area contributed by atoms with Crippen LogP contribution in [0, 0.1) is 11.6 Å². The number of benzene rings is 1. The van der Waals surface area contributed by atoms with Crippen LogP contribution in [0.15, 0.2) is 18.2 Å². The Bertz CT molecular complexity index is 453. The lowest BCUT2D eigenvalue weighted by molar-refractivity contribution is 0.0717. The van der Waals surface area contributed by atoms with Crippen LogP contribution in [0.4, 0.5) is 8.78 Å². The quantitative estimate of drug-likeness (QED) is 0.747. The summed E-state index contributed by atoms with van der Waals surface area (Å²) in [7, 11) is 1.75. The molecule has 1 aliphatic carbocycles. The zero-order chi connectivity index (χ0) is 13.8. The number of nitrogens with zero attached hydrogens (tertiary/aromatic N) is 1. The second-order valence-corrected chi connectivity index (χ2v) is 5.19. The molecule has 1 fully saturated rings. The number of carbonyl (C=O) groups excluding carboxylic acids is 1. The van der Waals surface area contributed by atoms with Crippen LogP contribution in [0.3, 0.4) is 0 Å². The first kappa shape index (κ1) is 14.0. The topological polar surface area (TPSA) is 20.3 Å². The van der Waals surface area contributed by atoms with Crippen molar-refractivity contribution in [3.8, 4) is 0 Å². The van der Waals surface area contributed by atoms with Crippen LogP contribution in [0.25, 0.3) is 0 Å². The van der Waals surface area contributed by atoms with Crippen molar-refractivity contribution in [3.63, 3.8) is 0 Å². The molecule has 1 aromatic rings. The molecule has 0 spiro atoms. The lowest BCUT2D eigenvalue weighted by Crippen LogP contribution is -2.36. The maximum absolute atomic E-state index is 13.2. The minimum Gasteiger partial charge on any atom is -0.339 e. The van der Waals surface area contributed by atoms with E-state index in [4.69, 9.17) is 0 Å². The van der Waals surface area contributed by atoms with Gasteiger partial charge in [-0.2, -0.15) is 0 Å². The van der Waals surface area contributed by atoms with Gasteiger partial charge >= 0.3 is 0 Å². The standard InChI is InChI=1S/C15H19F2NO/c1-18(12-6-4-2-3-5-7-12)15(19)11-8-9-13(16)14(17)10-11/h8-10,12H,2-7H2,1H3. The van der Waals surface area contributed by atoms with Gasteiger partial charge in [0.05, 0.1) is 0 Å². The van der Waals surface area contributed by atoms with Gasteiger partial charge in [-0.15, -0.1) is 0 Å². The third kappa shape index (κ3) is 3.31. The molecule has 0 atom stereocenters. The molecule has 1 saturated carbocycles. The van der Waals surface area contributed by atoms with Gasteiger partial charge in [0.25, 0.3) is 5.91 Å². The zero-order valence-corrected chi connectivity index (χ0v) is 11.2. The Morgan fingerprint density at radius 2 is 1.74 bits per heavy atom. The first-order valence-corrected chi connectivity index (χ1v) is 6.82. The highest BCUT2D eigenvalue weighted by Gasteiger charge is 2.22. The minimum absolute atomic E-state index is 0.211. The molecular weight excluding hydrogens is 248 g/mol. The maximum atomic E-state index is 13.2. The van der Waals surface area contributed by atoms with E-state index < -0.39 is 11.6 Å². The Balaban J connectivity index is 2.10. The van der Waals surface area contributed by atoms with Crippen LogP contribution in [0.1, 0.15) is 48.9 Å². The molecule has 0 saturated heterocycles. The van der Waals surface area contributed by atoms with E-state index in [9.17, 15) is 13.6 Å². The Labute approximate surface area is 112 Å². The molecule has 0 bridgehead atoms. The zero-order valence-electron chi connectivity index (χ0n) is 11.2. The first-order valence-electron chi connectivity index (χ1n) is 6.82. The summed E-state index contributed by atoms with van der Waals surface area (Å²) >= 11 is 0. The summed E-state index contributed by atoms with van der Waals surface area (Å²) in [5.74, 6) is -2.13. The number of halogens is 2. The molecule has 1 amide bonds. The summed E-state index contributed by atoms with van der Waals surface area (Å²) in [5, 5.41) is 0. The molecule has 4 heteroatoms. The van der Waals surface area contributed by atoms with Crippen LogP contribution >= 0.6 is 0 Å². The Morgan fingerprint density at radius 3 is 2.32 bits per heavy atom. The summed E-state index contributed by atoms with van der Waals surface area (Å²) in [4.78, 5) is 13.9. The van der Waals surface area contributed by atoms with E-state index in [1.54, 1.807) is 11.9 Å². The monoisotopic (exact) mass is 267 g/mol. The van der Waals surface area contributed by atoms with Crippen LogP contribution in [0.2, 0.25) is 0 Å². The van der Waals surface area contributed by atoms with E-state index in [0.717, 1.165) is 37.8 Å². The van der Waals surface area contributed by atoms with Crippen molar-refractivity contribution in [2.24, 2.45) is 0 Å². The molecule has 0 aliphatic heterocycles. The molecule has 0 heterocycles. The van der Waals surface area contributed by atoms with Crippen LogP contribution < -0.4 is 0 Å². The van der Waals surface area contributed by atoms with Crippen molar-refractivity contribution < 1.29 is 13.6 Å². The fraction of sp³-hybridized carbons (Fsp3) is 0.533. The predicted octanol–water partition coefficient (Wildman–Crippen LogP) is 3.76. The molecule has 0 N–H and O–H groups in total. The molecule has 1 aliphatic rings. The fourth-order valence-corrected chi connectivity index (χ4v) is 2.64. The van der Waals surface area contributed by atoms with Crippen LogP contribution in [-0.4, -0.2) is 23.9 Å². The highest BCUT2D eigenvalue weighted by molar-refractivity contribution is 5.94. The van der Waals surface area contributed by atoms with Crippen molar-refractivity contribution in [2.75, 3.05) is 7.05 Å². The van der Waals surface area contributed by atoms with Crippen molar-refractivity contribution in [1.82, 2.24) is 4.90 Å². The van der Waals surface area contributed by atoms with Gasteiger partial charge in [-0.1, -0.05) is 25.7 Å². The molecule has 19 heavy (non-hydrogen) atoms. The van der Waals surface area contributed by atoms with Gasteiger partial charge in [0.15, 0.2) is 11.6 Å². The van der Waals surface area contributed by atoms with Gasteiger partial charge in [-0.25, -0.2) is 8.78 Å². The second kappa shape index (κ2) is 6.13. The Hall–Kier alpha value is -1.45. The third-order valence-electron chi connectivity index (χ3n) is 3.86. The summed E-state index contributed by atoms with van der Waals surface area (Å²) in [6.45, 7) is 0. The van der Waals surface area contributed by atoms with Crippen molar-refractivity contribution >= 4 is 5.91 Å². The van der Waals surface area contributed by atoms with Gasteiger partial charge in [0.2, 0.25) is 0 Å². The van der Waals surface area contributed by atoms with Crippen molar-refractivity contribution in [2.45, 2.75) is 44.6 Å². The van der Waals surface area contributed by atoms with E-state index in [-0.39, 0.29) is 17.5 Å². The third-order valence-corrected chi connectivity index (χ3v) is 3.86. The van der Waals surface area contributed by atoms with E-state index in [1.165, 1.54) is 18.9 Å². The number of rotatable bonds is 2. The summed E-state index contributed by atoms with van der Waals surface area (Å²) < 4.78 is 26.0. The van der Waals surface area contributed by atoms with E-state index >= 15 is 0 Å². The number of hydrogen-bond donors (Lipinski definition) is 0. The molecule has 2 rings (SSSR count). The smallest absolute Gasteiger partial charge is 0.253 e. The number of hydrogen-bond acceptors (Lipinski definition) is 1. The van der Waals surface area contributed by atoms with Crippen LogP contribution in [-0.2, 0) is 0 Å². The number of amides is 1. The second-order valence-electron chi connectivity index (χ2n) is 5.19. The van der Waals surface area contributed by atoms with Gasteiger partial charge in [-0.3, -0.25) is 4.79 Å². The minimum atomic E-state index is -0.972. The molecule has 0 unspecified atom stereocenters. The highest BCUT2D eigenvalue weighted by Crippen LogP contribution is 2.22.